The van der Waals surface area contributed by atoms with Crippen LogP contribution in [0.4, 0.5) is 20.4 Å². The fourth-order valence-corrected chi connectivity index (χ4v) is 4.83. The number of hydrogen-bond acceptors (Lipinski definition) is 6. The third-order valence-corrected chi connectivity index (χ3v) is 6.53. The monoisotopic (exact) mass is 475 g/mol. The zero-order chi connectivity index (χ0) is 24.3. The van der Waals surface area contributed by atoms with Gasteiger partial charge >= 0.3 is 0 Å². The molecule has 176 valence electrons. The van der Waals surface area contributed by atoms with E-state index in [9.17, 15) is 18.4 Å². The lowest BCUT2D eigenvalue weighted by atomic mass is 9.74. The van der Waals surface area contributed by atoms with Crippen LogP contribution in [0.3, 0.4) is 0 Å². The third kappa shape index (κ3) is 3.50. The molecule has 2 aliphatic rings. The van der Waals surface area contributed by atoms with Crippen LogP contribution in [-0.4, -0.2) is 36.5 Å². The summed E-state index contributed by atoms with van der Waals surface area (Å²) in [4.78, 5) is 38.2. The van der Waals surface area contributed by atoms with Crippen LogP contribution in [0.15, 0.2) is 36.5 Å². The average molecular weight is 475 g/mol. The largest absolute Gasteiger partial charge is 0.310 e. The number of aromatic nitrogens is 5. The Morgan fingerprint density at radius 2 is 1.83 bits per heavy atom. The summed E-state index contributed by atoms with van der Waals surface area (Å²) < 4.78 is 30.0. The molecule has 0 unspecified atom stereocenters. The molecule has 5 heterocycles. The number of nitrogens with zero attached hydrogens (tertiary/aromatic N) is 5. The smallest absolute Gasteiger partial charge is 0.226 e. The number of nitrogens with one attached hydrogen (secondary N) is 2. The quantitative estimate of drug-likeness (QED) is 0.468. The summed E-state index contributed by atoms with van der Waals surface area (Å²) in [6, 6.07) is 7.52. The van der Waals surface area contributed by atoms with Gasteiger partial charge in [-0.05, 0) is 18.6 Å². The van der Waals surface area contributed by atoms with Crippen LogP contribution in [-0.2, 0) is 21.5 Å². The van der Waals surface area contributed by atoms with Gasteiger partial charge in [0.2, 0.25) is 11.8 Å². The molecular weight excluding hydrogens is 456 g/mol. The number of amides is 2. The lowest BCUT2D eigenvalue weighted by Crippen LogP contribution is -2.35. The maximum Gasteiger partial charge on any atom is 0.226 e. The van der Waals surface area contributed by atoms with Crippen molar-refractivity contribution in [3.05, 3.63) is 59.3 Å². The lowest BCUT2D eigenvalue weighted by Gasteiger charge is -2.34. The number of carbonyl (C=O) groups is 2. The van der Waals surface area contributed by atoms with Crippen LogP contribution >= 0.6 is 0 Å². The van der Waals surface area contributed by atoms with Crippen molar-refractivity contribution in [3.8, 4) is 11.5 Å². The molecule has 1 atom stereocenters. The second-order valence-corrected chi connectivity index (χ2v) is 9.08. The van der Waals surface area contributed by atoms with Crippen molar-refractivity contribution in [2.24, 2.45) is 0 Å². The summed E-state index contributed by atoms with van der Waals surface area (Å²) in [6.45, 7) is 1.96. The van der Waals surface area contributed by atoms with E-state index in [1.807, 2.05) is 6.92 Å². The molecule has 4 aromatic rings. The number of anilines is 2. The molecule has 0 fully saturated rings. The van der Waals surface area contributed by atoms with Gasteiger partial charge in [-0.25, -0.2) is 28.4 Å². The molecule has 2 amide bonds. The van der Waals surface area contributed by atoms with E-state index in [4.69, 9.17) is 0 Å². The molecule has 3 aromatic heterocycles. The van der Waals surface area contributed by atoms with Crippen molar-refractivity contribution in [3.63, 3.8) is 0 Å². The van der Waals surface area contributed by atoms with Gasteiger partial charge in [-0.3, -0.25) is 9.59 Å². The summed E-state index contributed by atoms with van der Waals surface area (Å²) in [5, 5.41) is 10.5. The van der Waals surface area contributed by atoms with Gasteiger partial charge in [0.1, 0.15) is 29.0 Å². The van der Waals surface area contributed by atoms with Crippen molar-refractivity contribution < 1.29 is 18.4 Å². The van der Waals surface area contributed by atoms with Crippen molar-refractivity contribution in [2.75, 3.05) is 10.6 Å². The minimum atomic E-state index is -0.607. The molecule has 0 spiro atoms. The van der Waals surface area contributed by atoms with Crippen molar-refractivity contribution in [1.82, 2.24) is 24.7 Å². The number of rotatable bonds is 3. The standard InChI is InChI=1S/C24H19F2N7O2/c1-24-7-6-16(34)28-20-18(24)21(29-17(35)9-24)31-22(30-20)19-14-8-13(25)10-27-23(14)33(32-19)11-12-4-2-3-5-15(12)26/h2-5,8,10H,6-7,9,11H2,1H3,(H2,28,29,30,31,34,35)/t24-/m0/s1. The van der Waals surface area contributed by atoms with E-state index in [1.54, 1.807) is 18.2 Å². The molecule has 0 radical (unpaired) electrons. The van der Waals surface area contributed by atoms with Gasteiger partial charge in [0, 0.05) is 29.4 Å². The van der Waals surface area contributed by atoms with Crippen LogP contribution in [0.2, 0.25) is 0 Å². The SMILES string of the molecule is C[C@@]12CCC(=O)Nc3nc(-c4nn(Cc5ccccc5F)c5ncc(F)cc45)nc(c31)NC(=O)C2. The van der Waals surface area contributed by atoms with Crippen LogP contribution < -0.4 is 10.6 Å². The highest BCUT2D eigenvalue weighted by molar-refractivity contribution is 6.00. The first-order chi connectivity index (χ1) is 16.8. The first kappa shape index (κ1) is 21.3. The Hall–Kier alpha value is -4.28. The number of carbonyl (C=O) groups excluding carboxylic acids is 2. The van der Waals surface area contributed by atoms with Crippen molar-refractivity contribution >= 4 is 34.5 Å². The van der Waals surface area contributed by atoms with Crippen LogP contribution in [0.5, 0.6) is 0 Å². The molecule has 0 aliphatic carbocycles. The topological polar surface area (TPSA) is 115 Å². The zero-order valence-corrected chi connectivity index (χ0v) is 18.6. The molecule has 35 heavy (non-hydrogen) atoms. The average Bonchev–Trinajstić information content (AvgIpc) is 3.09. The maximum absolute atomic E-state index is 14.3. The van der Waals surface area contributed by atoms with Crippen molar-refractivity contribution in [2.45, 2.75) is 38.1 Å². The van der Waals surface area contributed by atoms with Gasteiger partial charge in [-0.2, -0.15) is 5.10 Å². The van der Waals surface area contributed by atoms with E-state index >= 15 is 0 Å². The Kier molecular flexibility index (Phi) is 4.63. The second kappa shape index (κ2) is 7.62. The Balaban J connectivity index is 1.56. The van der Waals surface area contributed by atoms with E-state index in [2.05, 4.69) is 30.7 Å². The number of fused-ring (bicyclic) bond motifs is 1. The summed E-state index contributed by atoms with van der Waals surface area (Å²) >= 11 is 0. The minimum absolute atomic E-state index is 0.0468. The Morgan fingerprint density at radius 1 is 1.09 bits per heavy atom. The minimum Gasteiger partial charge on any atom is -0.310 e. The van der Waals surface area contributed by atoms with Crippen LogP contribution in [0, 0.1) is 11.6 Å². The predicted octanol–water partition coefficient (Wildman–Crippen LogP) is 3.55. The first-order valence-corrected chi connectivity index (χ1v) is 11.1. The molecule has 0 saturated heterocycles. The van der Waals surface area contributed by atoms with E-state index < -0.39 is 17.0 Å². The molecule has 1 aromatic carbocycles. The first-order valence-electron chi connectivity index (χ1n) is 11.1. The number of halogens is 2. The Labute approximate surface area is 197 Å². The summed E-state index contributed by atoms with van der Waals surface area (Å²) in [5.41, 5.74) is 0.941. The van der Waals surface area contributed by atoms with Gasteiger partial charge in [0.25, 0.3) is 0 Å². The second-order valence-electron chi connectivity index (χ2n) is 9.08. The number of benzene rings is 1. The normalized spacial score (nSPS) is 19.2. The van der Waals surface area contributed by atoms with E-state index in [1.165, 1.54) is 16.8 Å². The molecule has 2 N–H and O–H groups in total. The van der Waals surface area contributed by atoms with E-state index in [-0.39, 0.29) is 54.4 Å². The molecule has 0 bridgehead atoms. The van der Waals surface area contributed by atoms with Crippen LogP contribution in [0.25, 0.3) is 22.6 Å². The fourth-order valence-electron chi connectivity index (χ4n) is 4.83. The molecule has 9 nitrogen and oxygen atoms in total. The molecule has 6 rings (SSSR count). The Bertz CT molecular complexity index is 1550. The summed E-state index contributed by atoms with van der Waals surface area (Å²) in [7, 11) is 0. The van der Waals surface area contributed by atoms with Gasteiger partial charge in [-0.1, -0.05) is 25.1 Å². The highest BCUT2D eigenvalue weighted by atomic mass is 19.1. The van der Waals surface area contributed by atoms with Gasteiger partial charge in [-0.15, -0.1) is 0 Å². The predicted molar refractivity (Wildman–Crippen MR) is 122 cm³/mol. The number of hydrogen-bond donors (Lipinski definition) is 2. The van der Waals surface area contributed by atoms with Gasteiger partial charge < -0.3 is 10.6 Å². The molecular formula is C24H19F2N7O2. The third-order valence-electron chi connectivity index (χ3n) is 6.53. The molecule has 11 heteroatoms. The van der Waals surface area contributed by atoms with E-state index in [0.717, 1.165) is 6.20 Å². The highest BCUT2D eigenvalue weighted by Gasteiger charge is 2.42. The fraction of sp³-hybridized carbons (Fsp3) is 0.250. The van der Waals surface area contributed by atoms with Gasteiger partial charge in [0.05, 0.1) is 18.1 Å². The van der Waals surface area contributed by atoms with Gasteiger partial charge in [0.15, 0.2) is 11.5 Å². The molecule has 0 saturated carbocycles. The van der Waals surface area contributed by atoms with Crippen LogP contribution in [0.1, 0.15) is 37.3 Å². The Morgan fingerprint density at radius 3 is 2.60 bits per heavy atom. The highest BCUT2D eigenvalue weighted by Crippen LogP contribution is 2.46. The zero-order valence-electron chi connectivity index (χ0n) is 18.6. The molecule has 2 aliphatic heterocycles. The lowest BCUT2D eigenvalue weighted by molar-refractivity contribution is -0.119. The van der Waals surface area contributed by atoms with E-state index in [0.29, 0.717) is 28.6 Å². The van der Waals surface area contributed by atoms with Crippen molar-refractivity contribution in [1.29, 1.82) is 0 Å². The summed E-state index contributed by atoms with van der Waals surface area (Å²) in [6.07, 6.45) is 1.98. The maximum atomic E-state index is 14.3. The number of pyridine rings is 1. The summed E-state index contributed by atoms with van der Waals surface area (Å²) in [5.74, 6) is -0.779.